The molecular weight excluding hydrogens is 531 g/mol. The number of halogens is 4. The Balaban J connectivity index is 2.14. The predicted octanol–water partition coefficient (Wildman–Crippen LogP) is 5.47. The molecule has 0 N–H and O–H groups in total. The number of benzene rings is 2. The third kappa shape index (κ3) is 8.21. The summed E-state index contributed by atoms with van der Waals surface area (Å²) in [4.78, 5) is 46.6. The second kappa shape index (κ2) is 12.7. The zero-order valence-corrected chi connectivity index (χ0v) is 20.4. The Hall–Kier alpha value is -3.16. The van der Waals surface area contributed by atoms with E-state index >= 15 is 0 Å². The molecule has 0 fully saturated rings. The standard InChI is InChI=1S/C22H19ClF3NO8S/c1-3-33-20(29)11-36-21(30)12(2)34-10-18(28)15-9-14(5-6-17(15)27(31)32)35-19-7-4-13(8-16(19)23)22(24,25)26/h4-9,12H,3,10-11H2,1-2H3. The molecule has 0 aliphatic heterocycles. The van der Waals surface area contributed by atoms with Gasteiger partial charge in [0.15, 0.2) is 5.78 Å². The average Bonchev–Trinajstić information content (AvgIpc) is 2.81. The van der Waals surface area contributed by atoms with Gasteiger partial charge in [0, 0.05) is 6.07 Å². The third-order valence-electron chi connectivity index (χ3n) is 4.39. The van der Waals surface area contributed by atoms with Crippen molar-refractivity contribution < 1.29 is 46.7 Å². The van der Waals surface area contributed by atoms with E-state index in [0.29, 0.717) is 17.8 Å². The topological polar surface area (TPSA) is 122 Å². The van der Waals surface area contributed by atoms with E-state index < -0.39 is 57.5 Å². The molecule has 0 saturated heterocycles. The van der Waals surface area contributed by atoms with Gasteiger partial charge in [0.2, 0.25) is 5.12 Å². The Labute approximate surface area is 212 Å². The molecule has 0 radical (unpaired) electrons. The summed E-state index contributed by atoms with van der Waals surface area (Å²) in [5.41, 5.74) is -2.00. The van der Waals surface area contributed by atoms with Crippen LogP contribution in [-0.4, -0.2) is 46.9 Å². The maximum Gasteiger partial charge on any atom is 0.416 e. The molecule has 36 heavy (non-hydrogen) atoms. The average molecular weight is 550 g/mol. The lowest BCUT2D eigenvalue weighted by molar-refractivity contribution is -0.385. The molecule has 1 unspecified atom stereocenters. The minimum Gasteiger partial charge on any atom is -0.465 e. The highest BCUT2D eigenvalue weighted by molar-refractivity contribution is 8.14. The van der Waals surface area contributed by atoms with Gasteiger partial charge in [0.05, 0.1) is 27.9 Å². The number of hydrogen-bond acceptors (Lipinski definition) is 9. The SMILES string of the molecule is CCOC(=O)CSC(=O)C(C)OCC(=O)c1cc(Oc2ccc(C(F)(F)F)cc2Cl)ccc1[N+](=O)[O-]. The Morgan fingerprint density at radius 1 is 1.17 bits per heavy atom. The number of thioether (sulfide) groups is 1. The zero-order valence-electron chi connectivity index (χ0n) is 18.8. The first-order valence-electron chi connectivity index (χ1n) is 10.1. The van der Waals surface area contributed by atoms with Crippen LogP contribution in [0.3, 0.4) is 0 Å². The molecule has 0 spiro atoms. The van der Waals surface area contributed by atoms with E-state index in [1.165, 1.54) is 6.92 Å². The van der Waals surface area contributed by atoms with Crippen molar-refractivity contribution in [2.45, 2.75) is 26.1 Å². The normalized spacial score (nSPS) is 12.1. The number of nitro groups is 1. The number of Topliss-reactive ketones (excluding diaryl/α,β-unsaturated/α-hetero) is 1. The van der Waals surface area contributed by atoms with Gasteiger partial charge in [-0.3, -0.25) is 24.5 Å². The Kier molecular flexibility index (Phi) is 10.3. The lowest BCUT2D eigenvalue weighted by Gasteiger charge is -2.13. The molecule has 194 valence electrons. The first kappa shape index (κ1) is 29.1. The Morgan fingerprint density at radius 3 is 2.44 bits per heavy atom. The zero-order chi connectivity index (χ0) is 27.0. The fourth-order valence-corrected chi connectivity index (χ4v) is 3.51. The van der Waals surface area contributed by atoms with E-state index in [2.05, 4.69) is 0 Å². The fourth-order valence-electron chi connectivity index (χ4n) is 2.64. The molecule has 0 aromatic heterocycles. The van der Waals surface area contributed by atoms with Crippen LogP contribution in [0.4, 0.5) is 18.9 Å². The second-order valence-corrected chi connectivity index (χ2v) is 8.36. The number of rotatable bonds is 11. The lowest BCUT2D eigenvalue weighted by Crippen LogP contribution is -2.23. The molecule has 9 nitrogen and oxygen atoms in total. The number of alkyl halides is 3. The monoisotopic (exact) mass is 549 g/mol. The number of ketones is 1. The largest absolute Gasteiger partial charge is 0.465 e. The van der Waals surface area contributed by atoms with E-state index in [-0.39, 0.29) is 28.9 Å². The van der Waals surface area contributed by atoms with E-state index in [1.54, 1.807) is 6.92 Å². The van der Waals surface area contributed by atoms with Crippen molar-refractivity contribution in [2.24, 2.45) is 0 Å². The van der Waals surface area contributed by atoms with Gasteiger partial charge in [-0.25, -0.2) is 0 Å². The molecular formula is C22H19ClF3NO8S. The summed E-state index contributed by atoms with van der Waals surface area (Å²) >= 11 is 6.50. The minimum atomic E-state index is -4.62. The number of hydrogen-bond donors (Lipinski definition) is 0. The van der Waals surface area contributed by atoms with Crippen molar-refractivity contribution in [2.75, 3.05) is 19.0 Å². The highest BCUT2D eigenvalue weighted by Gasteiger charge is 2.31. The molecule has 2 aromatic rings. The summed E-state index contributed by atoms with van der Waals surface area (Å²) < 4.78 is 53.8. The molecule has 2 aromatic carbocycles. The van der Waals surface area contributed by atoms with Crippen LogP contribution in [0.1, 0.15) is 29.8 Å². The summed E-state index contributed by atoms with van der Waals surface area (Å²) in [6.07, 6.45) is -5.73. The van der Waals surface area contributed by atoms with Crippen molar-refractivity contribution in [1.29, 1.82) is 0 Å². The quantitative estimate of drug-likeness (QED) is 0.155. The summed E-state index contributed by atoms with van der Waals surface area (Å²) in [5.74, 6) is -1.99. The van der Waals surface area contributed by atoms with Crippen LogP contribution in [0.2, 0.25) is 5.02 Å². The molecule has 0 aliphatic carbocycles. The highest BCUT2D eigenvalue weighted by atomic mass is 35.5. The highest BCUT2D eigenvalue weighted by Crippen LogP contribution is 2.37. The number of carbonyl (C=O) groups is 3. The Morgan fingerprint density at radius 2 is 1.86 bits per heavy atom. The Bertz CT molecular complexity index is 1160. The van der Waals surface area contributed by atoms with Crippen molar-refractivity contribution in [3.8, 4) is 11.5 Å². The van der Waals surface area contributed by atoms with Gasteiger partial charge in [-0.1, -0.05) is 23.4 Å². The van der Waals surface area contributed by atoms with Crippen LogP contribution in [0.25, 0.3) is 0 Å². The van der Waals surface area contributed by atoms with Crippen LogP contribution in [0.5, 0.6) is 11.5 Å². The van der Waals surface area contributed by atoms with Gasteiger partial charge in [-0.2, -0.15) is 13.2 Å². The third-order valence-corrected chi connectivity index (χ3v) is 5.68. The van der Waals surface area contributed by atoms with E-state index in [9.17, 15) is 37.7 Å². The number of carbonyl (C=O) groups excluding carboxylic acids is 3. The number of esters is 1. The molecule has 0 aliphatic rings. The molecule has 14 heteroatoms. The molecule has 2 rings (SSSR count). The molecule has 0 saturated carbocycles. The first-order valence-corrected chi connectivity index (χ1v) is 11.5. The van der Waals surface area contributed by atoms with Crippen LogP contribution in [0, 0.1) is 10.1 Å². The molecule has 0 bridgehead atoms. The van der Waals surface area contributed by atoms with Gasteiger partial charge in [-0.05, 0) is 44.2 Å². The predicted molar refractivity (Wildman–Crippen MR) is 123 cm³/mol. The minimum absolute atomic E-state index is 0.111. The van der Waals surface area contributed by atoms with Gasteiger partial charge >= 0.3 is 12.1 Å². The first-order chi connectivity index (χ1) is 16.8. The molecule has 1 atom stereocenters. The van der Waals surface area contributed by atoms with Crippen molar-refractivity contribution in [3.05, 3.63) is 62.7 Å². The lowest BCUT2D eigenvalue weighted by atomic mass is 10.1. The summed E-state index contributed by atoms with van der Waals surface area (Å²) in [6, 6.07) is 5.50. The molecule has 0 heterocycles. The van der Waals surface area contributed by atoms with Gasteiger partial charge in [-0.15, -0.1) is 0 Å². The van der Waals surface area contributed by atoms with Crippen molar-refractivity contribution >= 4 is 45.9 Å². The van der Waals surface area contributed by atoms with E-state index in [0.717, 1.165) is 30.3 Å². The van der Waals surface area contributed by atoms with Crippen LogP contribution in [0.15, 0.2) is 36.4 Å². The van der Waals surface area contributed by atoms with Crippen LogP contribution < -0.4 is 4.74 Å². The van der Waals surface area contributed by atoms with E-state index in [1.807, 2.05) is 0 Å². The smallest absolute Gasteiger partial charge is 0.416 e. The second-order valence-electron chi connectivity index (χ2n) is 6.97. The molecule has 0 amide bonds. The van der Waals surface area contributed by atoms with Crippen LogP contribution >= 0.6 is 23.4 Å². The number of nitro benzene ring substituents is 1. The van der Waals surface area contributed by atoms with E-state index in [4.69, 9.17) is 25.8 Å². The van der Waals surface area contributed by atoms with Crippen molar-refractivity contribution in [3.63, 3.8) is 0 Å². The fraction of sp³-hybridized carbons (Fsp3) is 0.318. The summed E-state index contributed by atoms with van der Waals surface area (Å²) in [5, 5.41) is 10.4. The maximum atomic E-state index is 12.8. The maximum absolute atomic E-state index is 12.8. The summed E-state index contributed by atoms with van der Waals surface area (Å²) in [7, 11) is 0. The summed E-state index contributed by atoms with van der Waals surface area (Å²) in [6.45, 7) is 2.40. The van der Waals surface area contributed by atoms with Crippen LogP contribution in [-0.2, 0) is 25.2 Å². The number of ether oxygens (including phenoxy) is 3. The van der Waals surface area contributed by atoms with Gasteiger partial charge in [0.1, 0.15) is 29.8 Å². The van der Waals surface area contributed by atoms with Gasteiger partial charge < -0.3 is 14.2 Å². The van der Waals surface area contributed by atoms with Crippen molar-refractivity contribution in [1.82, 2.24) is 0 Å². The van der Waals surface area contributed by atoms with Gasteiger partial charge in [0.25, 0.3) is 5.69 Å². The number of nitrogens with zero attached hydrogens (tertiary/aromatic N) is 1.